The van der Waals surface area contributed by atoms with Gasteiger partial charge in [-0.1, -0.05) is 0 Å². The van der Waals surface area contributed by atoms with E-state index in [9.17, 15) is 9.18 Å². The molecule has 20 heavy (non-hydrogen) atoms. The van der Waals surface area contributed by atoms with Crippen molar-refractivity contribution in [1.82, 2.24) is 9.55 Å². The maximum absolute atomic E-state index is 13.7. The van der Waals surface area contributed by atoms with Crippen molar-refractivity contribution in [2.24, 2.45) is 5.73 Å². The van der Waals surface area contributed by atoms with E-state index in [1.54, 1.807) is 10.6 Å². The highest BCUT2D eigenvalue weighted by Crippen LogP contribution is 2.29. The quantitative estimate of drug-likeness (QED) is 0.862. The minimum Gasteiger partial charge on any atom is -0.494 e. The molecule has 0 spiro atoms. The van der Waals surface area contributed by atoms with Gasteiger partial charge >= 0.3 is 0 Å². The molecule has 2 rings (SSSR count). The molecule has 2 aromatic rings. The van der Waals surface area contributed by atoms with Gasteiger partial charge in [0, 0.05) is 24.6 Å². The van der Waals surface area contributed by atoms with Crippen molar-refractivity contribution < 1.29 is 13.9 Å². The van der Waals surface area contributed by atoms with Crippen LogP contribution >= 0.6 is 11.6 Å². The Bertz CT molecular complexity index is 657. The maximum Gasteiger partial charge on any atom is 0.219 e. The molecule has 1 unspecified atom stereocenters. The predicted molar refractivity (Wildman–Crippen MR) is 74.3 cm³/mol. The Morgan fingerprint density at radius 2 is 2.30 bits per heavy atom. The Hall–Kier alpha value is -1.82. The van der Waals surface area contributed by atoms with E-state index >= 15 is 0 Å². The first-order chi connectivity index (χ1) is 9.47. The average Bonchev–Trinajstić information content (AvgIpc) is 2.74. The molecule has 0 aliphatic carbocycles. The minimum atomic E-state index is -0.492. The summed E-state index contributed by atoms with van der Waals surface area (Å²) in [6, 6.07) is 2.62. The summed E-state index contributed by atoms with van der Waals surface area (Å²) in [4.78, 5) is 15.4. The molecule has 1 amide bonds. The summed E-state index contributed by atoms with van der Waals surface area (Å²) in [6.45, 7) is 1.83. The van der Waals surface area contributed by atoms with Gasteiger partial charge in [-0.25, -0.2) is 9.37 Å². The molecule has 1 aromatic heterocycles. The lowest BCUT2D eigenvalue weighted by Gasteiger charge is -2.15. The van der Waals surface area contributed by atoms with Crippen molar-refractivity contribution in [2.45, 2.75) is 25.3 Å². The molecule has 0 fully saturated rings. The number of imidazole rings is 1. The number of alkyl halides is 1. The van der Waals surface area contributed by atoms with Crippen molar-refractivity contribution in [3.63, 3.8) is 0 Å². The zero-order valence-electron chi connectivity index (χ0n) is 11.2. The summed E-state index contributed by atoms with van der Waals surface area (Å²) >= 11 is 5.87. The zero-order valence-corrected chi connectivity index (χ0v) is 11.9. The number of amides is 1. The van der Waals surface area contributed by atoms with E-state index in [2.05, 4.69) is 4.98 Å². The molecule has 1 atom stereocenters. The molecule has 0 saturated carbocycles. The number of hydrogen-bond donors (Lipinski definition) is 1. The number of nitrogens with zero attached hydrogens (tertiary/aromatic N) is 2. The Labute approximate surface area is 120 Å². The summed E-state index contributed by atoms with van der Waals surface area (Å²) < 4.78 is 20.5. The van der Waals surface area contributed by atoms with Crippen LogP contribution in [0.5, 0.6) is 5.75 Å². The second-order valence-electron chi connectivity index (χ2n) is 4.53. The Balaban J connectivity index is 2.63. The Kier molecular flexibility index (Phi) is 4.13. The van der Waals surface area contributed by atoms with Crippen LogP contribution in [0.25, 0.3) is 11.0 Å². The van der Waals surface area contributed by atoms with Gasteiger partial charge in [-0.3, -0.25) is 4.79 Å². The Morgan fingerprint density at radius 3 is 2.85 bits per heavy atom. The van der Waals surface area contributed by atoms with Crippen LogP contribution in [-0.2, 0) is 10.7 Å². The van der Waals surface area contributed by atoms with Gasteiger partial charge in [0.05, 0.1) is 24.0 Å². The van der Waals surface area contributed by atoms with Crippen molar-refractivity contribution in [1.29, 1.82) is 0 Å². The number of carbonyl (C=O) groups excluding carboxylic acids is 1. The van der Waals surface area contributed by atoms with Crippen LogP contribution in [-0.4, -0.2) is 22.6 Å². The highest BCUT2D eigenvalue weighted by Gasteiger charge is 2.19. The Morgan fingerprint density at radius 1 is 1.60 bits per heavy atom. The van der Waals surface area contributed by atoms with Crippen LogP contribution in [0.3, 0.4) is 0 Å². The second kappa shape index (κ2) is 5.66. The first kappa shape index (κ1) is 14.6. The minimum absolute atomic E-state index is 0.117. The van der Waals surface area contributed by atoms with Gasteiger partial charge in [0.15, 0.2) is 11.6 Å². The molecule has 5 nitrogen and oxygen atoms in total. The van der Waals surface area contributed by atoms with Crippen molar-refractivity contribution in [3.05, 3.63) is 23.8 Å². The molecule has 7 heteroatoms. The molecule has 0 aliphatic rings. The second-order valence-corrected chi connectivity index (χ2v) is 4.79. The number of ether oxygens (including phenoxy) is 1. The number of nitrogens with two attached hydrogens (primary N) is 1. The standard InChI is InChI=1S/C13H15ClFN3O2/c1-7(3-12(16)19)18-10-5-11(20-2)8(15)4-9(10)17-13(18)6-14/h4-5,7H,3,6H2,1-2H3,(H2,16,19). The van der Waals surface area contributed by atoms with Gasteiger partial charge in [0.25, 0.3) is 0 Å². The van der Waals surface area contributed by atoms with E-state index in [0.717, 1.165) is 0 Å². The number of fused-ring (bicyclic) bond motifs is 1. The number of methoxy groups -OCH3 is 1. The van der Waals surface area contributed by atoms with Crippen LogP contribution in [0.4, 0.5) is 4.39 Å². The monoisotopic (exact) mass is 299 g/mol. The summed E-state index contributed by atoms with van der Waals surface area (Å²) in [7, 11) is 1.39. The van der Waals surface area contributed by atoms with Crippen molar-refractivity contribution in [2.75, 3.05) is 7.11 Å². The maximum atomic E-state index is 13.7. The SMILES string of the molecule is COc1cc2c(cc1F)nc(CCl)n2C(C)CC(N)=O. The zero-order chi connectivity index (χ0) is 14.9. The first-order valence-electron chi connectivity index (χ1n) is 6.06. The molecule has 1 heterocycles. The third kappa shape index (κ3) is 2.56. The van der Waals surface area contributed by atoms with Crippen LogP contribution in [0, 0.1) is 5.82 Å². The van der Waals surface area contributed by atoms with Gasteiger partial charge in [-0.15, -0.1) is 11.6 Å². The molecule has 108 valence electrons. The third-order valence-corrected chi connectivity index (χ3v) is 3.33. The molecule has 0 radical (unpaired) electrons. The first-order valence-corrected chi connectivity index (χ1v) is 6.60. The van der Waals surface area contributed by atoms with Crippen LogP contribution in [0.1, 0.15) is 25.2 Å². The van der Waals surface area contributed by atoms with Crippen LogP contribution in [0.15, 0.2) is 12.1 Å². The number of rotatable bonds is 5. The predicted octanol–water partition coefficient (Wildman–Crippen LogP) is 2.36. The smallest absolute Gasteiger partial charge is 0.219 e. The number of hydrogen-bond acceptors (Lipinski definition) is 3. The molecule has 0 saturated heterocycles. The van der Waals surface area contributed by atoms with Gasteiger partial charge in [-0.05, 0) is 6.92 Å². The van der Waals surface area contributed by atoms with Gasteiger partial charge in [0.2, 0.25) is 5.91 Å². The van der Waals surface area contributed by atoms with E-state index in [4.69, 9.17) is 22.1 Å². The van der Waals surface area contributed by atoms with Crippen molar-refractivity contribution in [3.8, 4) is 5.75 Å². The summed E-state index contributed by atoms with van der Waals surface area (Å²) in [5, 5.41) is 0. The molecule has 0 bridgehead atoms. The molecular weight excluding hydrogens is 285 g/mol. The summed E-state index contributed by atoms with van der Waals surface area (Å²) in [5.74, 6) is -0.0850. The van der Waals surface area contributed by atoms with E-state index in [1.807, 2.05) is 6.92 Å². The molecular formula is C13H15ClFN3O2. The summed E-state index contributed by atoms with van der Waals surface area (Å²) in [6.07, 6.45) is 0.148. The number of carbonyl (C=O) groups is 1. The van der Waals surface area contributed by atoms with E-state index in [-0.39, 0.29) is 24.1 Å². The molecule has 1 aromatic carbocycles. The third-order valence-electron chi connectivity index (χ3n) is 3.09. The lowest BCUT2D eigenvalue weighted by atomic mass is 10.2. The van der Waals surface area contributed by atoms with Crippen molar-refractivity contribution >= 4 is 28.5 Å². The molecule has 0 aliphatic heterocycles. The summed E-state index contributed by atoms with van der Waals surface area (Å²) in [5.41, 5.74) is 6.35. The van der Waals surface area contributed by atoms with Gasteiger partial charge < -0.3 is 15.0 Å². The highest BCUT2D eigenvalue weighted by atomic mass is 35.5. The fourth-order valence-corrected chi connectivity index (χ4v) is 2.46. The fourth-order valence-electron chi connectivity index (χ4n) is 2.27. The lowest BCUT2D eigenvalue weighted by Crippen LogP contribution is -2.18. The van der Waals surface area contributed by atoms with E-state index in [1.165, 1.54) is 13.2 Å². The normalized spacial score (nSPS) is 12.6. The van der Waals surface area contributed by atoms with Gasteiger partial charge in [0.1, 0.15) is 5.82 Å². The number of aromatic nitrogens is 2. The fraction of sp³-hybridized carbons (Fsp3) is 0.385. The lowest BCUT2D eigenvalue weighted by molar-refractivity contribution is -0.118. The largest absolute Gasteiger partial charge is 0.494 e. The van der Waals surface area contributed by atoms with Crippen LogP contribution in [0.2, 0.25) is 0 Å². The average molecular weight is 300 g/mol. The topological polar surface area (TPSA) is 70.1 Å². The van der Waals surface area contributed by atoms with Crippen LogP contribution < -0.4 is 10.5 Å². The molecule has 2 N–H and O–H groups in total. The number of benzene rings is 1. The van der Waals surface area contributed by atoms with E-state index in [0.29, 0.717) is 16.9 Å². The van der Waals surface area contributed by atoms with E-state index < -0.39 is 11.7 Å². The van der Waals surface area contributed by atoms with Gasteiger partial charge in [-0.2, -0.15) is 0 Å². The number of halogens is 2. The highest BCUT2D eigenvalue weighted by molar-refractivity contribution is 6.16. The number of primary amides is 1.